The van der Waals surface area contributed by atoms with Crippen molar-refractivity contribution in [3.63, 3.8) is 0 Å². The van der Waals surface area contributed by atoms with Crippen LogP contribution in [-0.2, 0) is 0 Å². The first-order valence-corrected chi connectivity index (χ1v) is 7.30. The molecule has 1 aliphatic heterocycles. The van der Waals surface area contributed by atoms with Gasteiger partial charge in [0.25, 0.3) is 0 Å². The molecule has 0 bridgehead atoms. The lowest BCUT2D eigenvalue weighted by Gasteiger charge is -2.33. The summed E-state index contributed by atoms with van der Waals surface area (Å²) < 4.78 is 38.2. The monoisotopic (exact) mass is 339 g/mol. The van der Waals surface area contributed by atoms with Gasteiger partial charge in [-0.05, 0) is 37.6 Å². The summed E-state index contributed by atoms with van der Waals surface area (Å²) in [4.78, 5) is 13.7. The molecule has 0 spiro atoms. The molecule has 0 saturated carbocycles. The van der Waals surface area contributed by atoms with Crippen molar-refractivity contribution in [3.05, 3.63) is 33.8 Å². The Kier molecular flexibility index (Phi) is 5.17. The van der Waals surface area contributed by atoms with E-state index < -0.39 is 12.1 Å². The zero-order chi connectivity index (χ0) is 15.6. The molecule has 1 saturated heterocycles. The molecule has 0 radical (unpaired) electrons. The summed E-state index contributed by atoms with van der Waals surface area (Å²) in [5.41, 5.74) is 0.248. The number of hydrogen-bond donors (Lipinski definition) is 0. The third-order valence-corrected chi connectivity index (χ3v) is 4.13. The molecule has 0 amide bonds. The number of piperidine rings is 1. The molecule has 2 rings (SSSR count). The number of alkyl halides is 3. The van der Waals surface area contributed by atoms with Gasteiger partial charge in [-0.2, -0.15) is 13.2 Å². The minimum atomic E-state index is -4.21. The second-order valence-electron chi connectivity index (χ2n) is 5.16. The molecule has 0 N–H and O–H groups in total. The first kappa shape index (κ1) is 16.6. The van der Waals surface area contributed by atoms with Gasteiger partial charge in [-0.3, -0.25) is 9.69 Å². The van der Waals surface area contributed by atoms with Crippen LogP contribution >= 0.6 is 23.2 Å². The van der Waals surface area contributed by atoms with Crippen molar-refractivity contribution >= 4 is 29.0 Å². The van der Waals surface area contributed by atoms with E-state index in [0.717, 1.165) is 0 Å². The molecule has 1 atom stereocenters. The van der Waals surface area contributed by atoms with E-state index in [1.807, 2.05) is 0 Å². The average Bonchev–Trinajstić information content (AvgIpc) is 2.41. The van der Waals surface area contributed by atoms with Gasteiger partial charge >= 0.3 is 6.18 Å². The summed E-state index contributed by atoms with van der Waals surface area (Å²) in [5, 5.41) is 0.628. The molecule has 7 heteroatoms. The van der Waals surface area contributed by atoms with Crippen molar-refractivity contribution < 1.29 is 18.0 Å². The van der Waals surface area contributed by atoms with Gasteiger partial charge in [0.1, 0.15) is 0 Å². The fourth-order valence-corrected chi connectivity index (χ4v) is 2.86. The Bertz CT molecular complexity index is 533. The minimum absolute atomic E-state index is 0.0767. The number of Topliss-reactive ketones (excluding diaryl/α,β-unsaturated/α-hetero) is 1. The quantitative estimate of drug-likeness (QED) is 0.758. The molecule has 1 aromatic rings. The number of hydrogen-bond acceptors (Lipinski definition) is 2. The molecule has 1 fully saturated rings. The summed E-state index contributed by atoms with van der Waals surface area (Å²) in [7, 11) is 0. The number of carbonyl (C=O) groups is 1. The Morgan fingerprint density at radius 1 is 1.33 bits per heavy atom. The van der Waals surface area contributed by atoms with Gasteiger partial charge < -0.3 is 0 Å². The lowest BCUT2D eigenvalue weighted by Crippen LogP contribution is -2.43. The number of rotatable bonds is 3. The van der Waals surface area contributed by atoms with Crippen molar-refractivity contribution in [1.82, 2.24) is 4.90 Å². The van der Waals surface area contributed by atoms with Gasteiger partial charge in [0.2, 0.25) is 0 Å². The highest BCUT2D eigenvalue weighted by atomic mass is 35.5. The SMILES string of the molecule is O=C(CN1CCCC(C(F)(F)F)C1)c1cc(Cl)ccc1Cl. The van der Waals surface area contributed by atoms with Crippen LogP contribution in [0, 0.1) is 5.92 Å². The van der Waals surface area contributed by atoms with Crippen LogP contribution in [0.25, 0.3) is 0 Å². The van der Waals surface area contributed by atoms with E-state index in [9.17, 15) is 18.0 Å². The first-order valence-electron chi connectivity index (χ1n) is 6.54. The third-order valence-electron chi connectivity index (χ3n) is 3.56. The molecular weight excluding hydrogens is 326 g/mol. The van der Waals surface area contributed by atoms with Crippen LogP contribution < -0.4 is 0 Å². The summed E-state index contributed by atoms with van der Waals surface area (Å²) in [6.45, 7) is 0.260. The number of likely N-dealkylation sites (tertiary alicyclic amines) is 1. The standard InChI is InChI=1S/C14H14Cl2F3NO/c15-10-3-4-12(16)11(6-10)13(21)8-20-5-1-2-9(7-20)14(17,18)19/h3-4,6,9H,1-2,5,7-8H2. The normalized spacial score (nSPS) is 20.5. The van der Waals surface area contributed by atoms with Crippen molar-refractivity contribution in [3.8, 4) is 0 Å². The van der Waals surface area contributed by atoms with Crippen LogP contribution in [0.5, 0.6) is 0 Å². The van der Waals surface area contributed by atoms with E-state index in [1.165, 1.54) is 17.0 Å². The number of benzene rings is 1. The van der Waals surface area contributed by atoms with Gasteiger partial charge in [-0.25, -0.2) is 0 Å². The van der Waals surface area contributed by atoms with Crippen LogP contribution in [0.1, 0.15) is 23.2 Å². The Balaban J connectivity index is 2.04. The summed E-state index contributed by atoms with van der Waals surface area (Å²) >= 11 is 11.7. The number of halogens is 5. The van der Waals surface area contributed by atoms with Crippen LogP contribution in [0.2, 0.25) is 10.0 Å². The van der Waals surface area contributed by atoms with Crippen LogP contribution in [0.3, 0.4) is 0 Å². The van der Waals surface area contributed by atoms with Gasteiger partial charge in [-0.1, -0.05) is 23.2 Å². The summed E-state index contributed by atoms with van der Waals surface area (Å²) in [6, 6.07) is 4.50. The average molecular weight is 340 g/mol. The predicted molar refractivity (Wildman–Crippen MR) is 76.0 cm³/mol. The smallest absolute Gasteiger partial charge is 0.295 e. The molecule has 1 unspecified atom stereocenters. The molecule has 1 aliphatic rings. The highest BCUT2D eigenvalue weighted by molar-refractivity contribution is 6.36. The van der Waals surface area contributed by atoms with Gasteiger partial charge in [-0.15, -0.1) is 0 Å². The lowest BCUT2D eigenvalue weighted by atomic mass is 9.97. The zero-order valence-electron chi connectivity index (χ0n) is 11.1. The molecule has 1 heterocycles. The zero-order valence-corrected chi connectivity index (χ0v) is 12.6. The predicted octanol–water partition coefficient (Wildman–Crippen LogP) is 4.45. The molecular formula is C14H14Cl2F3NO. The molecule has 0 aromatic heterocycles. The third kappa shape index (κ3) is 4.34. The first-order chi connectivity index (χ1) is 9.77. The fraction of sp³-hybridized carbons (Fsp3) is 0.500. The second kappa shape index (κ2) is 6.55. The van der Waals surface area contributed by atoms with Crippen LogP contribution in [-0.4, -0.2) is 36.5 Å². The number of carbonyl (C=O) groups excluding carboxylic acids is 1. The maximum Gasteiger partial charge on any atom is 0.393 e. The molecule has 1 aromatic carbocycles. The van der Waals surface area contributed by atoms with Crippen molar-refractivity contribution in [1.29, 1.82) is 0 Å². The van der Waals surface area contributed by atoms with E-state index in [2.05, 4.69) is 0 Å². The maximum atomic E-state index is 12.7. The highest BCUT2D eigenvalue weighted by Gasteiger charge is 2.41. The van der Waals surface area contributed by atoms with E-state index >= 15 is 0 Å². The molecule has 2 nitrogen and oxygen atoms in total. The van der Waals surface area contributed by atoms with Crippen molar-refractivity contribution in [2.75, 3.05) is 19.6 Å². The van der Waals surface area contributed by atoms with Gasteiger partial charge in [0, 0.05) is 17.1 Å². The molecule has 0 aliphatic carbocycles. The highest BCUT2D eigenvalue weighted by Crippen LogP contribution is 2.33. The lowest BCUT2D eigenvalue weighted by molar-refractivity contribution is -0.186. The van der Waals surface area contributed by atoms with E-state index in [1.54, 1.807) is 6.07 Å². The minimum Gasteiger partial charge on any atom is -0.295 e. The maximum absolute atomic E-state index is 12.7. The van der Waals surface area contributed by atoms with Crippen molar-refractivity contribution in [2.45, 2.75) is 19.0 Å². The molecule has 116 valence electrons. The van der Waals surface area contributed by atoms with E-state index in [4.69, 9.17) is 23.2 Å². The van der Waals surface area contributed by atoms with Gasteiger partial charge in [0.15, 0.2) is 5.78 Å². The Labute approximate surface area is 130 Å². The number of nitrogens with zero attached hydrogens (tertiary/aromatic N) is 1. The second-order valence-corrected chi connectivity index (χ2v) is 6.01. The topological polar surface area (TPSA) is 20.3 Å². The summed E-state index contributed by atoms with van der Waals surface area (Å²) in [5.74, 6) is -1.68. The molecule has 21 heavy (non-hydrogen) atoms. The fourth-order valence-electron chi connectivity index (χ4n) is 2.47. The van der Waals surface area contributed by atoms with E-state index in [-0.39, 0.29) is 35.9 Å². The van der Waals surface area contributed by atoms with Crippen LogP contribution in [0.15, 0.2) is 18.2 Å². The Morgan fingerprint density at radius 2 is 2.05 bits per heavy atom. The Hall–Kier alpha value is -0.780. The van der Waals surface area contributed by atoms with Crippen molar-refractivity contribution in [2.24, 2.45) is 5.92 Å². The Morgan fingerprint density at radius 3 is 2.71 bits per heavy atom. The van der Waals surface area contributed by atoms with E-state index in [0.29, 0.717) is 18.0 Å². The number of ketones is 1. The van der Waals surface area contributed by atoms with Crippen LogP contribution in [0.4, 0.5) is 13.2 Å². The summed E-state index contributed by atoms with van der Waals surface area (Å²) in [6.07, 6.45) is -3.66. The van der Waals surface area contributed by atoms with Gasteiger partial charge in [0.05, 0.1) is 17.5 Å². The largest absolute Gasteiger partial charge is 0.393 e.